The van der Waals surface area contributed by atoms with Crippen LogP contribution in [0.2, 0.25) is 0 Å². The van der Waals surface area contributed by atoms with Gasteiger partial charge < -0.3 is 10.5 Å². The lowest BCUT2D eigenvalue weighted by Gasteiger charge is -2.44. The van der Waals surface area contributed by atoms with Gasteiger partial charge >= 0.3 is 0 Å². The molecule has 2 atom stereocenters. The Hall–Kier alpha value is -1.64. The molecule has 1 amide bonds. The number of benzene rings is 1. The lowest BCUT2D eigenvalue weighted by molar-refractivity contribution is -0.119. The molecule has 1 aromatic rings. The fourth-order valence-electron chi connectivity index (χ4n) is 4.86. The molecule has 0 bridgehead atoms. The molecule has 2 fully saturated rings. The number of nitrogens with zero attached hydrogens (tertiary/aromatic N) is 2. The summed E-state index contributed by atoms with van der Waals surface area (Å²) in [7, 11) is -3.23. The number of amides is 1. The van der Waals surface area contributed by atoms with E-state index in [1.54, 1.807) is 4.31 Å². The lowest BCUT2D eigenvalue weighted by Crippen LogP contribution is -2.55. The molecule has 3 rings (SSSR count). The molecular weight excluding hydrogens is 414 g/mol. The third kappa shape index (κ3) is 5.99. The van der Waals surface area contributed by atoms with E-state index in [0.29, 0.717) is 18.8 Å². The third-order valence-corrected chi connectivity index (χ3v) is 7.76. The van der Waals surface area contributed by atoms with E-state index in [4.69, 9.17) is 10.5 Å². The van der Waals surface area contributed by atoms with Gasteiger partial charge in [-0.05, 0) is 49.3 Å². The Morgan fingerprint density at radius 3 is 2.48 bits per heavy atom. The summed E-state index contributed by atoms with van der Waals surface area (Å²) < 4.78 is 32.4. The van der Waals surface area contributed by atoms with Gasteiger partial charge in [-0.15, -0.1) is 0 Å². The zero-order chi connectivity index (χ0) is 22.8. The molecule has 174 valence electrons. The van der Waals surface area contributed by atoms with Crippen LogP contribution < -0.4 is 10.5 Å². The van der Waals surface area contributed by atoms with E-state index in [2.05, 4.69) is 37.8 Å². The van der Waals surface area contributed by atoms with Crippen LogP contribution >= 0.6 is 0 Å². The molecule has 8 heteroatoms. The van der Waals surface area contributed by atoms with E-state index >= 15 is 0 Å². The van der Waals surface area contributed by atoms with Crippen LogP contribution in [0.5, 0.6) is 5.75 Å². The van der Waals surface area contributed by atoms with Crippen molar-refractivity contribution >= 4 is 15.9 Å². The smallest absolute Gasteiger partial charge is 0.255 e. The van der Waals surface area contributed by atoms with Crippen molar-refractivity contribution in [2.45, 2.75) is 76.9 Å². The number of nitrogens with two attached hydrogens (primary N) is 1. The van der Waals surface area contributed by atoms with Crippen molar-refractivity contribution in [2.24, 2.45) is 5.73 Å². The second kappa shape index (κ2) is 9.46. The van der Waals surface area contributed by atoms with Crippen molar-refractivity contribution in [3.63, 3.8) is 0 Å². The van der Waals surface area contributed by atoms with Gasteiger partial charge in [-0.25, -0.2) is 8.42 Å². The van der Waals surface area contributed by atoms with E-state index in [0.717, 1.165) is 49.8 Å². The number of ether oxygens (including phenoxy) is 1. The standard InChI is InChI=1S/C23H37N3O4S/c1-23(2,3)18-11-10-17(21(14-18)30-16-22(24)27)15-25-12-7-9-20-19(25)8-5-6-13-26(20)31(4,28)29/h10-11,14,19-20H,5-9,12-13,15-16H2,1-4H3,(H2,24,27)/t19-,20-/m1/s1. The van der Waals surface area contributed by atoms with Crippen LogP contribution in [-0.4, -0.2) is 61.6 Å². The van der Waals surface area contributed by atoms with Crippen molar-refractivity contribution in [2.75, 3.05) is 26.0 Å². The van der Waals surface area contributed by atoms with Crippen LogP contribution in [0.4, 0.5) is 0 Å². The maximum atomic E-state index is 12.4. The Balaban J connectivity index is 1.88. The molecule has 1 aromatic carbocycles. The van der Waals surface area contributed by atoms with Gasteiger partial charge in [0.25, 0.3) is 5.91 Å². The normalized spacial score (nSPS) is 23.7. The number of fused-ring (bicyclic) bond motifs is 1. The zero-order valence-corrected chi connectivity index (χ0v) is 20.1. The van der Waals surface area contributed by atoms with Gasteiger partial charge in [0.05, 0.1) is 6.26 Å². The van der Waals surface area contributed by atoms with E-state index < -0.39 is 15.9 Å². The van der Waals surface area contributed by atoms with Gasteiger partial charge in [0, 0.05) is 30.7 Å². The number of likely N-dealkylation sites (tertiary alicyclic amines) is 1. The molecule has 2 aliphatic rings. The van der Waals surface area contributed by atoms with E-state index in [-0.39, 0.29) is 24.1 Å². The number of sulfonamides is 1. The monoisotopic (exact) mass is 451 g/mol. The van der Waals surface area contributed by atoms with Crippen LogP contribution in [-0.2, 0) is 26.8 Å². The van der Waals surface area contributed by atoms with Crippen LogP contribution in [0.3, 0.4) is 0 Å². The first-order valence-corrected chi connectivity index (χ1v) is 13.1. The molecule has 2 heterocycles. The molecule has 2 aliphatic heterocycles. The number of rotatable bonds is 6. The van der Waals surface area contributed by atoms with Crippen LogP contribution in [0.15, 0.2) is 18.2 Å². The molecule has 2 saturated heterocycles. The highest BCUT2D eigenvalue weighted by Crippen LogP contribution is 2.34. The van der Waals surface area contributed by atoms with Crippen molar-refractivity contribution < 1.29 is 17.9 Å². The summed E-state index contributed by atoms with van der Waals surface area (Å²) in [4.78, 5) is 13.7. The minimum Gasteiger partial charge on any atom is -0.483 e. The molecule has 7 nitrogen and oxygen atoms in total. The summed E-state index contributed by atoms with van der Waals surface area (Å²) in [6.07, 6.45) is 6.12. The summed E-state index contributed by atoms with van der Waals surface area (Å²) in [5.74, 6) is 0.180. The predicted octanol–water partition coefficient (Wildman–Crippen LogP) is 2.63. The highest BCUT2D eigenvalue weighted by Gasteiger charge is 2.40. The van der Waals surface area contributed by atoms with Crippen molar-refractivity contribution in [3.8, 4) is 5.75 Å². The number of primary amides is 1. The zero-order valence-electron chi connectivity index (χ0n) is 19.3. The molecule has 2 N–H and O–H groups in total. The summed E-state index contributed by atoms with van der Waals surface area (Å²) in [6, 6.07) is 6.41. The Labute approximate surface area is 187 Å². The number of carbonyl (C=O) groups excluding carboxylic acids is 1. The Kier molecular flexibility index (Phi) is 7.33. The van der Waals surface area contributed by atoms with Crippen molar-refractivity contribution in [1.82, 2.24) is 9.21 Å². The first kappa shape index (κ1) is 24.0. The summed E-state index contributed by atoms with van der Waals surface area (Å²) in [5.41, 5.74) is 7.41. The van der Waals surface area contributed by atoms with Gasteiger partial charge in [-0.2, -0.15) is 4.31 Å². The molecule has 0 aliphatic carbocycles. The Morgan fingerprint density at radius 2 is 1.84 bits per heavy atom. The van der Waals surface area contributed by atoms with Gasteiger partial charge in [0.15, 0.2) is 6.61 Å². The molecule has 0 unspecified atom stereocenters. The SMILES string of the molecule is CC(C)(C)c1ccc(CN2CCC[C@@H]3[C@H]2CCCCN3S(C)(=O)=O)c(OCC(N)=O)c1. The van der Waals surface area contributed by atoms with Gasteiger partial charge in [-0.1, -0.05) is 39.3 Å². The van der Waals surface area contributed by atoms with Gasteiger partial charge in [0.2, 0.25) is 10.0 Å². The molecule has 0 aromatic heterocycles. The highest BCUT2D eigenvalue weighted by molar-refractivity contribution is 7.88. The maximum Gasteiger partial charge on any atom is 0.255 e. The molecule has 0 radical (unpaired) electrons. The average Bonchev–Trinajstić information content (AvgIpc) is 2.89. The summed E-state index contributed by atoms with van der Waals surface area (Å²) >= 11 is 0. The summed E-state index contributed by atoms with van der Waals surface area (Å²) in [5, 5.41) is 0. The van der Waals surface area contributed by atoms with Crippen molar-refractivity contribution in [3.05, 3.63) is 29.3 Å². The van der Waals surface area contributed by atoms with E-state index in [1.807, 2.05) is 6.07 Å². The second-order valence-electron chi connectivity index (χ2n) is 9.94. The minimum absolute atomic E-state index is 0.0232. The maximum absolute atomic E-state index is 12.4. The predicted molar refractivity (Wildman–Crippen MR) is 122 cm³/mol. The van der Waals surface area contributed by atoms with Gasteiger partial charge in [-0.3, -0.25) is 9.69 Å². The van der Waals surface area contributed by atoms with Crippen LogP contribution in [0.1, 0.15) is 64.0 Å². The number of piperidine rings is 1. The molecule has 0 saturated carbocycles. The van der Waals surface area contributed by atoms with Crippen LogP contribution in [0, 0.1) is 0 Å². The second-order valence-corrected chi connectivity index (χ2v) is 11.9. The first-order chi connectivity index (χ1) is 14.5. The number of hydrogen-bond donors (Lipinski definition) is 1. The molecule has 31 heavy (non-hydrogen) atoms. The fourth-order valence-corrected chi connectivity index (χ4v) is 6.06. The largest absolute Gasteiger partial charge is 0.483 e. The molecule has 0 spiro atoms. The van der Waals surface area contributed by atoms with Gasteiger partial charge in [0.1, 0.15) is 5.75 Å². The number of hydrogen-bond acceptors (Lipinski definition) is 5. The third-order valence-electron chi connectivity index (χ3n) is 6.46. The summed E-state index contributed by atoms with van der Waals surface area (Å²) in [6.45, 7) is 8.46. The van der Waals surface area contributed by atoms with E-state index in [9.17, 15) is 13.2 Å². The van der Waals surface area contributed by atoms with Crippen molar-refractivity contribution in [1.29, 1.82) is 0 Å². The first-order valence-electron chi connectivity index (χ1n) is 11.2. The average molecular weight is 452 g/mol. The topological polar surface area (TPSA) is 92.9 Å². The van der Waals surface area contributed by atoms with Crippen LogP contribution in [0.25, 0.3) is 0 Å². The minimum atomic E-state index is -3.23. The Bertz CT molecular complexity index is 895. The highest BCUT2D eigenvalue weighted by atomic mass is 32.2. The Morgan fingerprint density at radius 1 is 1.13 bits per heavy atom. The fraction of sp³-hybridized carbons (Fsp3) is 0.696. The lowest BCUT2D eigenvalue weighted by atomic mass is 9.86. The quantitative estimate of drug-likeness (QED) is 0.718. The molecular formula is C23H37N3O4S. The number of carbonyl (C=O) groups is 1. The van der Waals surface area contributed by atoms with E-state index in [1.165, 1.54) is 6.26 Å².